The highest BCUT2D eigenvalue weighted by Crippen LogP contribution is 2.35. The van der Waals surface area contributed by atoms with Crippen molar-refractivity contribution < 1.29 is 0 Å². The number of hydrogen-bond donors (Lipinski definition) is 1. The summed E-state index contributed by atoms with van der Waals surface area (Å²) in [7, 11) is 2.13. The lowest BCUT2D eigenvalue weighted by atomic mass is 9.90. The SMILES string of the molecule is CCC1CCC(C(Cc2ccc(C)c(C)c2)NC)C1. The van der Waals surface area contributed by atoms with E-state index in [4.69, 9.17) is 0 Å². The lowest BCUT2D eigenvalue weighted by Gasteiger charge is -2.24. The van der Waals surface area contributed by atoms with E-state index in [9.17, 15) is 0 Å². The molecule has 1 fully saturated rings. The van der Waals surface area contributed by atoms with Crippen molar-refractivity contribution in [2.45, 2.75) is 58.9 Å². The maximum absolute atomic E-state index is 3.57. The molecule has 0 aromatic heterocycles. The molecule has 2 rings (SSSR count). The molecule has 0 heterocycles. The predicted molar refractivity (Wildman–Crippen MR) is 83.6 cm³/mol. The molecule has 1 aliphatic rings. The van der Waals surface area contributed by atoms with E-state index >= 15 is 0 Å². The fourth-order valence-corrected chi connectivity index (χ4v) is 3.54. The Morgan fingerprint density at radius 2 is 2.00 bits per heavy atom. The normalized spacial score (nSPS) is 24.6. The Balaban J connectivity index is 2.00. The molecule has 0 spiro atoms. The second-order valence-corrected chi connectivity index (χ2v) is 6.37. The van der Waals surface area contributed by atoms with Crippen LogP contribution in [0, 0.1) is 25.7 Å². The Bertz CT molecular complexity index is 410. The van der Waals surface area contributed by atoms with E-state index in [1.54, 1.807) is 0 Å². The van der Waals surface area contributed by atoms with Crippen LogP contribution in [0.2, 0.25) is 0 Å². The second kappa shape index (κ2) is 6.56. The van der Waals surface area contributed by atoms with Crippen LogP contribution in [0.1, 0.15) is 49.3 Å². The van der Waals surface area contributed by atoms with Crippen molar-refractivity contribution in [2.24, 2.45) is 11.8 Å². The summed E-state index contributed by atoms with van der Waals surface area (Å²) in [5, 5.41) is 3.57. The minimum atomic E-state index is 0.652. The van der Waals surface area contributed by atoms with Crippen LogP contribution in [0.3, 0.4) is 0 Å². The fourth-order valence-electron chi connectivity index (χ4n) is 3.54. The van der Waals surface area contributed by atoms with Gasteiger partial charge in [0.2, 0.25) is 0 Å². The zero-order chi connectivity index (χ0) is 13.8. The molecule has 1 N–H and O–H groups in total. The predicted octanol–water partition coefficient (Wildman–Crippen LogP) is 4.26. The lowest BCUT2D eigenvalue weighted by molar-refractivity contribution is 0.361. The van der Waals surface area contributed by atoms with Crippen LogP contribution in [0.4, 0.5) is 0 Å². The molecule has 3 unspecified atom stereocenters. The van der Waals surface area contributed by atoms with E-state index < -0.39 is 0 Å². The second-order valence-electron chi connectivity index (χ2n) is 6.37. The number of likely N-dealkylation sites (N-methyl/N-ethyl adjacent to an activating group) is 1. The standard InChI is InChI=1S/C18H29N/c1-5-15-8-9-17(11-15)18(19-4)12-16-7-6-13(2)14(3)10-16/h6-7,10,15,17-19H,5,8-9,11-12H2,1-4H3. The maximum atomic E-state index is 3.57. The van der Waals surface area contributed by atoms with Crippen molar-refractivity contribution >= 4 is 0 Å². The van der Waals surface area contributed by atoms with Crippen molar-refractivity contribution in [1.29, 1.82) is 0 Å². The number of aryl methyl sites for hydroxylation is 2. The number of benzene rings is 1. The van der Waals surface area contributed by atoms with Gasteiger partial charge in [0.15, 0.2) is 0 Å². The monoisotopic (exact) mass is 259 g/mol. The third kappa shape index (κ3) is 3.60. The van der Waals surface area contributed by atoms with E-state index in [0.717, 1.165) is 11.8 Å². The van der Waals surface area contributed by atoms with Gasteiger partial charge in [-0.3, -0.25) is 0 Å². The summed E-state index contributed by atoms with van der Waals surface area (Å²) in [5.41, 5.74) is 4.31. The van der Waals surface area contributed by atoms with E-state index in [-0.39, 0.29) is 0 Å². The molecule has 0 saturated heterocycles. The molecule has 3 atom stereocenters. The summed E-state index contributed by atoms with van der Waals surface area (Å²) in [4.78, 5) is 0. The third-order valence-corrected chi connectivity index (χ3v) is 5.13. The average Bonchev–Trinajstić information content (AvgIpc) is 2.88. The summed E-state index contributed by atoms with van der Waals surface area (Å²) in [6, 6.07) is 7.59. The highest BCUT2D eigenvalue weighted by Gasteiger charge is 2.29. The van der Waals surface area contributed by atoms with Gasteiger partial charge in [0.1, 0.15) is 0 Å². The summed E-state index contributed by atoms with van der Waals surface area (Å²) in [6.45, 7) is 6.75. The van der Waals surface area contributed by atoms with Crippen molar-refractivity contribution in [3.05, 3.63) is 34.9 Å². The first-order valence-electron chi connectivity index (χ1n) is 7.87. The average molecular weight is 259 g/mol. The first-order valence-corrected chi connectivity index (χ1v) is 7.87. The van der Waals surface area contributed by atoms with Crippen LogP contribution < -0.4 is 5.32 Å². The van der Waals surface area contributed by atoms with Crippen LogP contribution in [-0.2, 0) is 6.42 Å². The fraction of sp³-hybridized carbons (Fsp3) is 0.667. The first-order chi connectivity index (χ1) is 9.13. The zero-order valence-electron chi connectivity index (χ0n) is 13.0. The molecule has 1 saturated carbocycles. The van der Waals surface area contributed by atoms with Gasteiger partial charge in [-0.2, -0.15) is 0 Å². The molecule has 1 aliphatic carbocycles. The highest BCUT2D eigenvalue weighted by molar-refractivity contribution is 5.30. The van der Waals surface area contributed by atoms with Gasteiger partial charge in [-0.25, -0.2) is 0 Å². The molecule has 1 nitrogen and oxygen atoms in total. The summed E-state index contributed by atoms with van der Waals surface area (Å²) in [5.74, 6) is 1.84. The van der Waals surface area contributed by atoms with Gasteiger partial charge in [0, 0.05) is 6.04 Å². The van der Waals surface area contributed by atoms with Gasteiger partial charge in [-0.15, -0.1) is 0 Å². The van der Waals surface area contributed by atoms with Gasteiger partial charge in [0.05, 0.1) is 0 Å². The van der Waals surface area contributed by atoms with Crippen molar-refractivity contribution in [1.82, 2.24) is 5.32 Å². The smallest absolute Gasteiger partial charge is 0.0133 e. The quantitative estimate of drug-likeness (QED) is 0.833. The van der Waals surface area contributed by atoms with Crippen LogP contribution in [0.5, 0.6) is 0 Å². The minimum absolute atomic E-state index is 0.652. The van der Waals surface area contributed by atoms with Crippen LogP contribution in [-0.4, -0.2) is 13.1 Å². The molecule has 106 valence electrons. The van der Waals surface area contributed by atoms with E-state index in [1.807, 2.05) is 0 Å². The summed E-state index contributed by atoms with van der Waals surface area (Å²) < 4.78 is 0. The van der Waals surface area contributed by atoms with Gasteiger partial charge in [-0.1, -0.05) is 38.0 Å². The van der Waals surface area contributed by atoms with Crippen molar-refractivity contribution in [2.75, 3.05) is 7.05 Å². The lowest BCUT2D eigenvalue weighted by Crippen LogP contribution is -2.34. The van der Waals surface area contributed by atoms with E-state index in [2.05, 4.69) is 51.3 Å². The van der Waals surface area contributed by atoms with E-state index in [0.29, 0.717) is 6.04 Å². The largest absolute Gasteiger partial charge is 0.316 e. The highest BCUT2D eigenvalue weighted by atomic mass is 14.9. The van der Waals surface area contributed by atoms with Crippen molar-refractivity contribution in [3.8, 4) is 0 Å². The summed E-state index contributed by atoms with van der Waals surface area (Å²) in [6.07, 6.45) is 6.81. The molecule has 0 amide bonds. The topological polar surface area (TPSA) is 12.0 Å². The van der Waals surface area contributed by atoms with Gasteiger partial charge >= 0.3 is 0 Å². The molecule has 1 aromatic rings. The van der Waals surface area contributed by atoms with Gasteiger partial charge in [0.25, 0.3) is 0 Å². The first kappa shape index (κ1) is 14.6. The van der Waals surface area contributed by atoms with Crippen LogP contribution in [0.15, 0.2) is 18.2 Å². The Morgan fingerprint density at radius 3 is 2.58 bits per heavy atom. The van der Waals surface area contributed by atoms with Gasteiger partial charge in [-0.05, 0) is 68.7 Å². The Morgan fingerprint density at radius 1 is 1.21 bits per heavy atom. The molecular formula is C18H29N. The molecule has 0 radical (unpaired) electrons. The number of nitrogens with one attached hydrogen (secondary N) is 1. The molecule has 0 bridgehead atoms. The maximum Gasteiger partial charge on any atom is 0.0133 e. The molecule has 19 heavy (non-hydrogen) atoms. The molecule has 0 aliphatic heterocycles. The zero-order valence-corrected chi connectivity index (χ0v) is 13.0. The molecule has 1 heteroatoms. The Labute approximate surface area is 118 Å². The Kier molecular flexibility index (Phi) is 5.04. The van der Waals surface area contributed by atoms with Crippen LogP contribution in [0.25, 0.3) is 0 Å². The molecule has 1 aromatic carbocycles. The van der Waals surface area contributed by atoms with Gasteiger partial charge < -0.3 is 5.32 Å². The number of rotatable bonds is 5. The number of hydrogen-bond acceptors (Lipinski definition) is 1. The Hall–Kier alpha value is -0.820. The summed E-state index contributed by atoms with van der Waals surface area (Å²) >= 11 is 0. The molecular weight excluding hydrogens is 230 g/mol. The minimum Gasteiger partial charge on any atom is -0.316 e. The van der Waals surface area contributed by atoms with Crippen LogP contribution >= 0.6 is 0 Å². The van der Waals surface area contributed by atoms with Crippen molar-refractivity contribution in [3.63, 3.8) is 0 Å². The van der Waals surface area contributed by atoms with E-state index in [1.165, 1.54) is 48.8 Å². The third-order valence-electron chi connectivity index (χ3n) is 5.13.